The number of amides is 1. The van der Waals surface area contributed by atoms with Crippen LogP contribution in [-0.4, -0.2) is 33.8 Å². The Labute approximate surface area is 198 Å². The molecule has 2 aromatic carbocycles. The maximum Gasteiger partial charge on any atom is 0.225 e. The monoisotopic (exact) mass is 459 g/mol. The lowest BCUT2D eigenvalue weighted by Gasteiger charge is -2.31. The molecule has 2 aromatic heterocycles. The first-order valence-electron chi connectivity index (χ1n) is 11.6. The predicted molar refractivity (Wildman–Crippen MR) is 134 cm³/mol. The highest BCUT2D eigenvalue weighted by Gasteiger charge is 2.28. The van der Waals surface area contributed by atoms with Crippen molar-refractivity contribution in [3.8, 4) is 5.69 Å². The van der Waals surface area contributed by atoms with E-state index in [-0.39, 0.29) is 11.8 Å². The predicted octanol–water partition coefficient (Wildman–Crippen LogP) is 4.89. The van der Waals surface area contributed by atoms with Crippen LogP contribution >= 0.6 is 11.3 Å². The first-order valence-corrected chi connectivity index (χ1v) is 12.5. The van der Waals surface area contributed by atoms with Gasteiger partial charge in [-0.05, 0) is 49.4 Å². The van der Waals surface area contributed by atoms with Crippen molar-refractivity contribution in [3.05, 3.63) is 71.4 Å². The molecule has 4 aromatic rings. The van der Waals surface area contributed by atoms with Crippen LogP contribution in [0, 0.1) is 12.8 Å². The highest BCUT2D eigenvalue weighted by Crippen LogP contribution is 2.34. The maximum absolute atomic E-state index is 12.9. The van der Waals surface area contributed by atoms with E-state index in [1.165, 1.54) is 5.56 Å². The SMILES string of the molecule is CCc1ccc(CNC(=O)C2CCCN(c3nc4c(s3)c(C)nn4-c3ccccc3)C2)cc1. The lowest BCUT2D eigenvalue weighted by molar-refractivity contribution is -0.125. The number of carbonyl (C=O) groups excluding carboxylic acids is 1. The molecule has 6 nitrogen and oxygen atoms in total. The number of aromatic nitrogens is 3. The van der Waals surface area contributed by atoms with E-state index < -0.39 is 0 Å². The van der Waals surface area contributed by atoms with Crippen molar-refractivity contribution in [1.29, 1.82) is 0 Å². The number of anilines is 1. The highest BCUT2D eigenvalue weighted by atomic mass is 32.1. The fourth-order valence-electron chi connectivity index (χ4n) is 4.40. The topological polar surface area (TPSA) is 63.1 Å². The molecule has 1 N–H and O–H groups in total. The maximum atomic E-state index is 12.9. The molecule has 0 spiro atoms. The highest BCUT2D eigenvalue weighted by molar-refractivity contribution is 7.22. The van der Waals surface area contributed by atoms with Gasteiger partial charge in [0.25, 0.3) is 0 Å². The molecule has 1 unspecified atom stereocenters. The second-order valence-electron chi connectivity index (χ2n) is 8.65. The van der Waals surface area contributed by atoms with Gasteiger partial charge < -0.3 is 10.2 Å². The van der Waals surface area contributed by atoms with E-state index in [9.17, 15) is 4.79 Å². The van der Waals surface area contributed by atoms with Gasteiger partial charge in [-0.15, -0.1) is 0 Å². The van der Waals surface area contributed by atoms with Gasteiger partial charge in [0, 0.05) is 19.6 Å². The number of fused-ring (bicyclic) bond motifs is 1. The summed E-state index contributed by atoms with van der Waals surface area (Å²) in [7, 11) is 0. The number of nitrogens with zero attached hydrogens (tertiary/aromatic N) is 4. The van der Waals surface area contributed by atoms with E-state index in [0.717, 1.165) is 58.2 Å². The molecule has 170 valence electrons. The molecule has 33 heavy (non-hydrogen) atoms. The minimum atomic E-state index is -0.0209. The third-order valence-electron chi connectivity index (χ3n) is 6.34. The van der Waals surface area contributed by atoms with Crippen LogP contribution in [0.2, 0.25) is 0 Å². The first kappa shape index (κ1) is 21.6. The van der Waals surface area contributed by atoms with Crippen LogP contribution < -0.4 is 10.2 Å². The number of piperidine rings is 1. The largest absolute Gasteiger partial charge is 0.352 e. The molecule has 1 saturated heterocycles. The zero-order valence-electron chi connectivity index (χ0n) is 19.1. The number of para-hydroxylation sites is 1. The molecule has 3 heterocycles. The van der Waals surface area contributed by atoms with Gasteiger partial charge in [-0.3, -0.25) is 4.79 Å². The lowest BCUT2D eigenvalue weighted by atomic mass is 9.97. The van der Waals surface area contributed by atoms with Gasteiger partial charge in [0.05, 0.1) is 22.0 Å². The molecular weight excluding hydrogens is 430 g/mol. The number of rotatable bonds is 6. The Morgan fingerprint density at radius 2 is 1.88 bits per heavy atom. The number of hydrogen-bond donors (Lipinski definition) is 1. The van der Waals surface area contributed by atoms with Gasteiger partial charge in [-0.25, -0.2) is 4.68 Å². The van der Waals surface area contributed by atoms with Gasteiger partial charge in [-0.2, -0.15) is 10.1 Å². The summed E-state index contributed by atoms with van der Waals surface area (Å²) in [6.45, 7) is 6.39. The smallest absolute Gasteiger partial charge is 0.225 e. The quantitative estimate of drug-likeness (QED) is 0.446. The van der Waals surface area contributed by atoms with Crippen LogP contribution in [0.25, 0.3) is 16.0 Å². The molecule has 1 fully saturated rings. The van der Waals surface area contributed by atoms with Crippen molar-refractivity contribution in [1.82, 2.24) is 20.1 Å². The van der Waals surface area contributed by atoms with E-state index >= 15 is 0 Å². The molecule has 0 bridgehead atoms. The molecule has 0 saturated carbocycles. The van der Waals surface area contributed by atoms with Gasteiger partial charge in [0.15, 0.2) is 10.8 Å². The summed E-state index contributed by atoms with van der Waals surface area (Å²) in [4.78, 5) is 20.1. The number of hydrogen-bond acceptors (Lipinski definition) is 5. The van der Waals surface area contributed by atoms with Crippen molar-refractivity contribution in [2.24, 2.45) is 5.92 Å². The molecule has 5 rings (SSSR count). The lowest BCUT2D eigenvalue weighted by Crippen LogP contribution is -2.43. The van der Waals surface area contributed by atoms with Crippen molar-refractivity contribution in [2.45, 2.75) is 39.7 Å². The molecule has 1 aliphatic rings. The summed E-state index contributed by atoms with van der Waals surface area (Å²) < 4.78 is 3.03. The van der Waals surface area contributed by atoms with E-state index in [2.05, 4.69) is 41.4 Å². The Bertz CT molecular complexity index is 1250. The number of carbonyl (C=O) groups is 1. The normalized spacial score (nSPS) is 16.3. The summed E-state index contributed by atoms with van der Waals surface area (Å²) in [6.07, 6.45) is 2.93. The minimum absolute atomic E-state index is 0.0209. The Morgan fingerprint density at radius 3 is 2.64 bits per heavy atom. The zero-order valence-corrected chi connectivity index (χ0v) is 19.9. The Morgan fingerprint density at radius 1 is 1.12 bits per heavy atom. The van der Waals surface area contributed by atoms with E-state index in [1.807, 2.05) is 41.9 Å². The number of benzene rings is 2. The standard InChI is InChI=1S/C26H29N5OS/c1-3-19-11-13-20(14-12-19)16-27-25(32)21-8-7-15-30(17-21)26-28-24-23(33-26)18(2)29-31(24)22-9-5-4-6-10-22/h4-6,9-14,21H,3,7-8,15-17H2,1-2H3,(H,27,32). The van der Waals surface area contributed by atoms with Gasteiger partial charge >= 0.3 is 0 Å². The summed E-state index contributed by atoms with van der Waals surface area (Å²) in [6, 6.07) is 18.6. The third kappa shape index (κ3) is 4.50. The van der Waals surface area contributed by atoms with Crippen molar-refractivity contribution >= 4 is 32.7 Å². The van der Waals surface area contributed by atoms with Crippen LogP contribution in [-0.2, 0) is 17.8 Å². The van der Waals surface area contributed by atoms with Gasteiger partial charge in [0.1, 0.15) is 0 Å². The Kier molecular flexibility index (Phi) is 6.13. The van der Waals surface area contributed by atoms with E-state index in [1.54, 1.807) is 11.3 Å². The van der Waals surface area contributed by atoms with Crippen LogP contribution in [0.3, 0.4) is 0 Å². The fourth-order valence-corrected chi connectivity index (χ4v) is 5.42. The summed E-state index contributed by atoms with van der Waals surface area (Å²) in [5, 5.41) is 8.81. The van der Waals surface area contributed by atoms with Crippen LogP contribution in [0.1, 0.15) is 36.6 Å². The van der Waals surface area contributed by atoms with Crippen molar-refractivity contribution < 1.29 is 4.79 Å². The summed E-state index contributed by atoms with van der Waals surface area (Å²) in [5.41, 5.74) is 5.34. The number of aryl methyl sites for hydroxylation is 2. The third-order valence-corrected chi connectivity index (χ3v) is 7.55. The second kappa shape index (κ2) is 9.35. The molecule has 1 atom stereocenters. The fraction of sp³-hybridized carbons (Fsp3) is 0.346. The number of thiazole rings is 1. The first-order chi connectivity index (χ1) is 16.1. The number of nitrogens with one attached hydrogen (secondary N) is 1. The average molecular weight is 460 g/mol. The second-order valence-corrected chi connectivity index (χ2v) is 9.63. The summed E-state index contributed by atoms with van der Waals surface area (Å²) in [5.74, 6) is 0.111. The average Bonchev–Trinajstić information content (AvgIpc) is 3.44. The molecular formula is C26H29N5OS. The van der Waals surface area contributed by atoms with Gasteiger partial charge in [-0.1, -0.05) is 60.7 Å². The van der Waals surface area contributed by atoms with E-state index in [0.29, 0.717) is 13.1 Å². The minimum Gasteiger partial charge on any atom is -0.352 e. The van der Waals surface area contributed by atoms with Gasteiger partial charge in [0.2, 0.25) is 5.91 Å². The van der Waals surface area contributed by atoms with Crippen LogP contribution in [0.4, 0.5) is 5.13 Å². The Hall–Kier alpha value is -3.19. The zero-order chi connectivity index (χ0) is 22.8. The van der Waals surface area contributed by atoms with Crippen molar-refractivity contribution in [3.63, 3.8) is 0 Å². The molecule has 0 radical (unpaired) electrons. The van der Waals surface area contributed by atoms with E-state index in [4.69, 9.17) is 10.1 Å². The molecule has 7 heteroatoms. The van der Waals surface area contributed by atoms with Crippen LogP contribution in [0.15, 0.2) is 54.6 Å². The molecule has 0 aliphatic carbocycles. The molecule has 1 amide bonds. The Balaban J connectivity index is 1.28. The van der Waals surface area contributed by atoms with Crippen LogP contribution in [0.5, 0.6) is 0 Å². The van der Waals surface area contributed by atoms with Crippen molar-refractivity contribution in [2.75, 3.05) is 18.0 Å². The molecule has 1 aliphatic heterocycles. The summed E-state index contributed by atoms with van der Waals surface area (Å²) >= 11 is 1.67.